The third kappa shape index (κ3) is 54.2. The third-order valence-corrected chi connectivity index (χ3v) is 11.1. The molecule has 0 fully saturated rings. The minimum atomic E-state index is -0.802. The molecule has 0 N–H and O–H groups in total. The number of allylic oxidation sites excluding steroid dienone is 24. The largest absolute Gasteiger partial charge is 0.462 e. The molecule has 1 unspecified atom stereocenters. The zero-order valence-electron chi connectivity index (χ0n) is 44.7. The lowest BCUT2D eigenvalue weighted by molar-refractivity contribution is -0.167. The second-order valence-corrected chi connectivity index (χ2v) is 17.7. The Labute approximate surface area is 429 Å². The van der Waals surface area contributed by atoms with Crippen molar-refractivity contribution >= 4 is 17.9 Å². The molecule has 0 aromatic heterocycles. The Hall–Kier alpha value is -4.71. The van der Waals surface area contributed by atoms with Gasteiger partial charge in [0.05, 0.1) is 0 Å². The topological polar surface area (TPSA) is 78.9 Å². The van der Waals surface area contributed by atoms with Gasteiger partial charge in [-0.15, -0.1) is 0 Å². The molecular weight excluding hydrogens is 865 g/mol. The Balaban J connectivity index is 4.18. The molecule has 0 aliphatic heterocycles. The van der Waals surface area contributed by atoms with Crippen molar-refractivity contribution < 1.29 is 28.6 Å². The van der Waals surface area contributed by atoms with Crippen LogP contribution < -0.4 is 0 Å². The second-order valence-electron chi connectivity index (χ2n) is 17.7. The van der Waals surface area contributed by atoms with Gasteiger partial charge in [-0.3, -0.25) is 14.4 Å². The van der Waals surface area contributed by atoms with E-state index in [1.54, 1.807) is 0 Å². The molecule has 70 heavy (non-hydrogen) atoms. The average molecular weight is 965 g/mol. The van der Waals surface area contributed by atoms with Crippen molar-refractivity contribution in [1.29, 1.82) is 0 Å². The first-order valence-corrected chi connectivity index (χ1v) is 27.8. The molecule has 0 heterocycles. The van der Waals surface area contributed by atoms with Crippen LogP contribution >= 0.6 is 0 Å². The first kappa shape index (κ1) is 65.3. The lowest BCUT2D eigenvalue weighted by atomic mass is 10.1. The van der Waals surface area contributed by atoms with Crippen LogP contribution in [0.2, 0.25) is 0 Å². The fourth-order valence-corrected chi connectivity index (χ4v) is 6.98. The molecule has 0 rings (SSSR count). The first-order chi connectivity index (χ1) is 34.5. The first-order valence-electron chi connectivity index (χ1n) is 27.8. The molecule has 0 saturated heterocycles. The maximum atomic E-state index is 12.7. The van der Waals surface area contributed by atoms with Gasteiger partial charge in [0, 0.05) is 19.3 Å². The summed E-state index contributed by atoms with van der Waals surface area (Å²) in [5.41, 5.74) is 0. The minimum absolute atomic E-state index is 0.101. The van der Waals surface area contributed by atoms with Gasteiger partial charge in [-0.05, 0) is 122 Å². The Kier molecular flexibility index (Phi) is 53.0. The normalized spacial score (nSPS) is 13.2. The summed E-state index contributed by atoms with van der Waals surface area (Å²) in [6.45, 7) is 6.28. The molecule has 6 nitrogen and oxygen atoms in total. The van der Waals surface area contributed by atoms with Crippen LogP contribution in [0.5, 0.6) is 0 Å². The van der Waals surface area contributed by atoms with Gasteiger partial charge in [0.15, 0.2) is 6.10 Å². The Morgan fingerprint density at radius 1 is 0.300 bits per heavy atom. The molecule has 0 aliphatic rings. The molecule has 0 aromatic carbocycles. The fraction of sp³-hybridized carbons (Fsp3) is 0.578. The summed E-state index contributed by atoms with van der Waals surface area (Å²) in [4.78, 5) is 37.7. The number of carbonyl (C=O) groups is 3. The van der Waals surface area contributed by atoms with Crippen LogP contribution in [0.3, 0.4) is 0 Å². The van der Waals surface area contributed by atoms with Gasteiger partial charge >= 0.3 is 17.9 Å². The maximum Gasteiger partial charge on any atom is 0.306 e. The molecule has 0 aliphatic carbocycles. The SMILES string of the molecule is CC/C=C\C/C=C\C/C=C\C/C=C\C/C=C\C/C=C\C/C=C\C/C=C\C/C=C\CCCCCCCC(=O)OCC(COC(=O)CCCCCCCC)OC(=O)CCCCC/C=C\C/C=C\C/C=C\CC. The molecular formula is C64H100O6. The predicted octanol–water partition coefficient (Wildman–Crippen LogP) is 18.8. The standard InChI is InChI=1S/C64H100O6/c1-4-7-10-13-16-18-20-22-23-24-25-26-27-28-29-30-31-32-33-34-35-36-37-38-39-40-41-43-44-46-48-51-54-57-63(66)69-60-61(59-68-62(65)56-53-50-15-12-9-6-3)70-64(67)58-55-52-49-47-45-42-21-19-17-14-11-8-5-2/h7-8,10-11,16-19,22-23,25-26,28-29,31-32,34-35,37-38,40-42,45,61H,4-6,9,12-15,20-21,24,27,30,33,36,39,43-44,46-60H2,1-3H3/b10-7-,11-8-,18-16-,19-17-,23-22-,26-25-,29-28-,32-31-,35-34-,38-37-,41-40-,45-42-. The van der Waals surface area contributed by atoms with Crippen LogP contribution in [-0.4, -0.2) is 37.2 Å². The van der Waals surface area contributed by atoms with Crippen molar-refractivity contribution in [1.82, 2.24) is 0 Å². The molecule has 0 amide bonds. The van der Waals surface area contributed by atoms with E-state index in [-0.39, 0.29) is 37.5 Å². The summed E-state index contributed by atoms with van der Waals surface area (Å²) >= 11 is 0. The number of unbranched alkanes of at least 4 members (excludes halogenated alkanes) is 13. The van der Waals surface area contributed by atoms with Gasteiger partial charge < -0.3 is 14.2 Å². The number of hydrogen-bond acceptors (Lipinski definition) is 6. The highest BCUT2D eigenvalue weighted by Gasteiger charge is 2.19. The third-order valence-electron chi connectivity index (χ3n) is 11.1. The van der Waals surface area contributed by atoms with Crippen molar-refractivity contribution in [3.63, 3.8) is 0 Å². The summed E-state index contributed by atoms with van der Waals surface area (Å²) in [5, 5.41) is 0. The van der Waals surface area contributed by atoms with E-state index in [1.807, 2.05) is 0 Å². The van der Waals surface area contributed by atoms with Gasteiger partial charge in [0.2, 0.25) is 0 Å². The van der Waals surface area contributed by atoms with Gasteiger partial charge in [0.25, 0.3) is 0 Å². The van der Waals surface area contributed by atoms with Crippen LogP contribution in [0.25, 0.3) is 0 Å². The summed E-state index contributed by atoms with van der Waals surface area (Å²) < 4.78 is 16.6. The number of esters is 3. The van der Waals surface area contributed by atoms with Crippen molar-refractivity contribution in [2.75, 3.05) is 13.2 Å². The van der Waals surface area contributed by atoms with Crippen molar-refractivity contribution in [3.05, 3.63) is 146 Å². The van der Waals surface area contributed by atoms with Crippen LogP contribution in [0.15, 0.2) is 146 Å². The van der Waals surface area contributed by atoms with Crippen LogP contribution in [0.4, 0.5) is 0 Å². The molecule has 392 valence electrons. The number of hydrogen-bond donors (Lipinski definition) is 0. The van der Waals surface area contributed by atoms with Crippen LogP contribution in [0, 0.1) is 0 Å². The molecule has 6 heteroatoms. The van der Waals surface area contributed by atoms with Gasteiger partial charge in [-0.25, -0.2) is 0 Å². The summed E-state index contributed by atoms with van der Waals surface area (Å²) in [6.07, 6.45) is 81.6. The van der Waals surface area contributed by atoms with Crippen molar-refractivity contribution in [2.24, 2.45) is 0 Å². The number of rotatable bonds is 48. The molecule has 0 saturated carbocycles. The van der Waals surface area contributed by atoms with Gasteiger partial charge in [-0.2, -0.15) is 0 Å². The summed E-state index contributed by atoms with van der Waals surface area (Å²) in [7, 11) is 0. The minimum Gasteiger partial charge on any atom is -0.462 e. The average Bonchev–Trinajstić information content (AvgIpc) is 3.36. The van der Waals surface area contributed by atoms with Crippen molar-refractivity contribution in [3.8, 4) is 0 Å². The van der Waals surface area contributed by atoms with E-state index in [1.165, 1.54) is 19.3 Å². The van der Waals surface area contributed by atoms with E-state index in [0.29, 0.717) is 12.8 Å². The van der Waals surface area contributed by atoms with Crippen LogP contribution in [-0.2, 0) is 28.6 Å². The molecule has 1 atom stereocenters. The fourth-order valence-electron chi connectivity index (χ4n) is 6.98. The van der Waals surface area contributed by atoms with E-state index in [4.69, 9.17) is 14.2 Å². The van der Waals surface area contributed by atoms with Crippen molar-refractivity contribution in [2.45, 2.75) is 226 Å². The maximum absolute atomic E-state index is 12.7. The molecule has 0 spiro atoms. The van der Waals surface area contributed by atoms with Gasteiger partial charge in [-0.1, -0.05) is 224 Å². The van der Waals surface area contributed by atoms with E-state index in [2.05, 4.69) is 167 Å². The summed E-state index contributed by atoms with van der Waals surface area (Å²) in [6, 6.07) is 0. The zero-order chi connectivity index (χ0) is 50.7. The number of carbonyl (C=O) groups excluding carboxylic acids is 3. The molecule has 0 bridgehead atoms. The molecule has 0 radical (unpaired) electrons. The quantitative estimate of drug-likeness (QED) is 0.0262. The summed E-state index contributed by atoms with van der Waals surface area (Å²) in [5.74, 6) is -0.972. The monoisotopic (exact) mass is 965 g/mol. The zero-order valence-corrected chi connectivity index (χ0v) is 44.7. The van der Waals surface area contributed by atoms with Crippen LogP contribution in [0.1, 0.15) is 220 Å². The lowest BCUT2D eigenvalue weighted by Gasteiger charge is -2.18. The highest BCUT2D eigenvalue weighted by Crippen LogP contribution is 2.12. The molecule has 0 aromatic rings. The van der Waals surface area contributed by atoms with E-state index >= 15 is 0 Å². The lowest BCUT2D eigenvalue weighted by Crippen LogP contribution is -2.30. The Morgan fingerprint density at radius 3 is 0.886 bits per heavy atom. The second kappa shape index (κ2) is 56.9. The highest BCUT2D eigenvalue weighted by molar-refractivity contribution is 5.71. The Bertz CT molecular complexity index is 1580. The van der Waals surface area contributed by atoms with E-state index in [0.717, 1.165) is 161 Å². The van der Waals surface area contributed by atoms with E-state index in [9.17, 15) is 14.4 Å². The highest BCUT2D eigenvalue weighted by atomic mass is 16.6. The van der Waals surface area contributed by atoms with E-state index < -0.39 is 6.10 Å². The predicted molar refractivity (Wildman–Crippen MR) is 302 cm³/mol. The smallest absolute Gasteiger partial charge is 0.306 e. The van der Waals surface area contributed by atoms with Gasteiger partial charge in [0.1, 0.15) is 13.2 Å². The number of ether oxygens (including phenoxy) is 3. The Morgan fingerprint density at radius 2 is 0.557 bits per heavy atom.